The van der Waals surface area contributed by atoms with Crippen molar-refractivity contribution in [3.8, 4) is 5.75 Å². The Balaban J connectivity index is 2.12. The molecule has 1 aromatic carbocycles. The van der Waals surface area contributed by atoms with Crippen LogP contribution in [-0.2, 0) is 0 Å². The summed E-state index contributed by atoms with van der Waals surface area (Å²) < 4.78 is 40.2. The Bertz CT molecular complexity index is 510. The van der Waals surface area contributed by atoms with Gasteiger partial charge in [0.1, 0.15) is 5.75 Å². The lowest BCUT2D eigenvalue weighted by Gasteiger charge is -2.13. The first kappa shape index (κ1) is 14.6. The molecular formula is C15H15F3O2. The van der Waals surface area contributed by atoms with Crippen molar-refractivity contribution in [3.63, 3.8) is 0 Å². The minimum atomic E-state index is -4.75. The molecule has 0 spiro atoms. The van der Waals surface area contributed by atoms with E-state index in [0.717, 1.165) is 37.3 Å². The quantitative estimate of drug-likeness (QED) is 0.596. The Kier molecular flexibility index (Phi) is 4.47. The summed E-state index contributed by atoms with van der Waals surface area (Å²) in [6, 6.07) is 5.17. The number of benzene rings is 1. The maximum atomic E-state index is 12.1. The van der Waals surface area contributed by atoms with Crippen molar-refractivity contribution in [1.82, 2.24) is 0 Å². The van der Waals surface area contributed by atoms with Crippen molar-refractivity contribution in [2.75, 3.05) is 0 Å². The number of ether oxygens (including phenoxy) is 1. The Hall–Kier alpha value is -1.78. The second-order valence-corrected chi connectivity index (χ2v) is 4.80. The average molecular weight is 284 g/mol. The van der Waals surface area contributed by atoms with E-state index < -0.39 is 6.36 Å². The second kappa shape index (κ2) is 6.11. The normalized spacial score (nSPS) is 15.8. The molecule has 0 radical (unpaired) electrons. The van der Waals surface area contributed by atoms with Crippen molar-refractivity contribution in [1.29, 1.82) is 0 Å². The fourth-order valence-electron chi connectivity index (χ4n) is 2.27. The molecule has 2 nitrogen and oxygen atoms in total. The number of rotatable bonds is 3. The van der Waals surface area contributed by atoms with Crippen LogP contribution in [0.15, 0.2) is 35.9 Å². The summed E-state index contributed by atoms with van der Waals surface area (Å²) in [6.07, 6.45) is 1.89. The van der Waals surface area contributed by atoms with E-state index in [2.05, 4.69) is 4.74 Å². The zero-order chi connectivity index (χ0) is 14.6. The first-order valence-corrected chi connectivity index (χ1v) is 6.54. The van der Waals surface area contributed by atoms with E-state index >= 15 is 0 Å². The molecule has 108 valence electrons. The largest absolute Gasteiger partial charge is 0.573 e. The lowest BCUT2D eigenvalue weighted by atomic mass is 9.93. The molecule has 1 aliphatic carbocycles. The van der Waals surface area contributed by atoms with Crippen molar-refractivity contribution in [2.45, 2.75) is 38.5 Å². The molecule has 2 rings (SSSR count). The Morgan fingerprint density at radius 1 is 1.15 bits per heavy atom. The maximum absolute atomic E-state index is 12.1. The monoisotopic (exact) mass is 284 g/mol. The van der Waals surface area contributed by atoms with Crippen LogP contribution in [0.2, 0.25) is 0 Å². The molecule has 0 aromatic heterocycles. The highest BCUT2D eigenvalue weighted by atomic mass is 19.4. The van der Waals surface area contributed by atoms with Crippen LogP contribution in [0.3, 0.4) is 0 Å². The molecule has 0 heterocycles. The molecule has 1 fully saturated rings. The van der Waals surface area contributed by atoms with Crippen LogP contribution in [0, 0.1) is 0 Å². The van der Waals surface area contributed by atoms with E-state index in [9.17, 15) is 18.0 Å². The predicted molar refractivity (Wildman–Crippen MR) is 68.6 cm³/mol. The molecule has 0 aliphatic heterocycles. The van der Waals surface area contributed by atoms with Gasteiger partial charge in [-0.2, -0.15) is 0 Å². The average Bonchev–Trinajstić information content (AvgIpc) is 2.38. The van der Waals surface area contributed by atoms with Gasteiger partial charge in [-0.05, 0) is 43.9 Å². The number of alkyl halides is 3. The SMILES string of the molecule is O=C(C=C1CCCCC1)c1cccc(OC(F)(F)F)c1. The molecule has 0 atom stereocenters. The summed E-state index contributed by atoms with van der Waals surface area (Å²) in [6.45, 7) is 0. The number of hydrogen-bond acceptors (Lipinski definition) is 2. The van der Waals surface area contributed by atoms with Gasteiger partial charge >= 0.3 is 6.36 Å². The third-order valence-electron chi connectivity index (χ3n) is 3.18. The van der Waals surface area contributed by atoms with Gasteiger partial charge in [0.05, 0.1) is 0 Å². The first-order chi connectivity index (χ1) is 9.44. The van der Waals surface area contributed by atoms with Crippen molar-refractivity contribution in [2.24, 2.45) is 0 Å². The van der Waals surface area contributed by atoms with Gasteiger partial charge in [0.2, 0.25) is 0 Å². The molecule has 5 heteroatoms. The highest BCUT2D eigenvalue weighted by molar-refractivity contribution is 6.05. The molecule has 0 amide bonds. The van der Waals surface area contributed by atoms with Crippen LogP contribution in [0.1, 0.15) is 42.5 Å². The maximum Gasteiger partial charge on any atom is 0.573 e. The van der Waals surface area contributed by atoms with E-state index in [1.54, 1.807) is 6.08 Å². The molecule has 1 saturated carbocycles. The first-order valence-electron chi connectivity index (χ1n) is 6.54. The molecule has 1 aliphatic rings. The van der Waals surface area contributed by atoms with Gasteiger partial charge in [-0.3, -0.25) is 4.79 Å². The summed E-state index contributed by atoms with van der Waals surface area (Å²) in [5.41, 5.74) is 1.29. The van der Waals surface area contributed by atoms with Gasteiger partial charge in [-0.25, -0.2) is 0 Å². The van der Waals surface area contributed by atoms with Crippen molar-refractivity contribution in [3.05, 3.63) is 41.5 Å². The van der Waals surface area contributed by atoms with Crippen LogP contribution in [0.4, 0.5) is 13.2 Å². The highest BCUT2D eigenvalue weighted by Gasteiger charge is 2.31. The van der Waals surface area contributed by atoms with E-state index in [0.29, 0.717) is 0 Å². The zero-order valence-electron chi connectivity index (χ0n) is 10.9. The molecule has 1 aromatic rings. The topological polar surface area (TPSA) is 26.3 Å². The third-order valence-corrected chi connectivity index (χ3v) is 3.18. The van der Waals surface area contributed by atoms with Crippen LogP contribution >= 0.6 is 0 Å². The van der Waals surface area contributed by atoms with Crippen molar-refractivity contribution < 1.29 is 22.7 Å². The van der Waals surface area contributed by atoms with E-state index in [4.69, 9.17) is 0 Å². The number of allylic oxidation sites excluding steroid dienone is 2. The van der Waals surface area contributed by atoms with Crippen LogP contribution < -0.4 is 4.74 Å². The molecule has 0 saturated heterocycles. The van der Waals surface area contributed by atoms with Crippen LogP contribution in [-0.4, -0.2) is 12.1 Å². The third kappa shape index (κ3) is 4.40. The number of halogens is 3. The minimum Gasteiger partial charge on any atom is -0.406 e. The number of hydrogen-bond donors (Lipinski definition) is 0. The Morgan fingerprint density at radius 2 is 1.85 bits per heavy atom. The fourth-order valence-corrected chi connectivity index (χ4v) is 2.27. The number of ketones is 1. The lowest BCUT2D eigenvalue weighted by molar-refractivity contribution is -0.274. The molecule has 0 unspecified atom stereocenters. The smallest absolute Gasteiger partial charge is 0.406 e. The summed E-state index contributed by atoms with van der Waals surface area (Å²) in [5.74, 6) is -0.639. The fraction of sp³-hybridized carbons (Fsp3) is 0.400. The standard InChI is InChI=1S/C15H15F3O2/c16-15(17,18)20-13-8-4-7-12(10-13)14(19)9-11-5-2-1-3-6-11/h4,7-10H,1-3,5-6H2. The molecule has 20 heavy (non-hydrogen) atoms. The van der Waals surface area contributed by atoms with Gasteiger partial charge < -0.3 is 4.74 Å². The Labute approximate surface area is 115 Å². The van der Waals surface area contributed by atoms with Gasteiger partial charge in [0, 0.05) is 5.56 Å². The number of carbonyl (C=O) groups is 1. The van der Waals surface area contributed by atoms with Crippen LogP contribution in [0.5, 0.6) is 5.75 Å². The van der Waals surface area contributed by atoms with Gasteiger partial charge in [-0.1, -0.05) is 24.1 Å². The van der Waals surface area contributed by atoms with E-state index in [1.807, 2.05) is 0 Å². The van der Waals surface area contributed by atoms with E-state index in [1.165, 1.54) is 24.6 Å². The predicted octanol–water partition coefficient (Wildman–Crippen LogP) is 4.66. The van der Waals surface area contributed by atoms with Gasteiger partial charge in [0.15, 0.2) is 5.78 Å². The Morgan fingerprint density at radius 3 is 2.50 bits per heavy atom. The number of carbonyl (C=O) groups excluding carboxylic acids is 1. The van der Waals surface area contributed by atoms with E-state index in [-0.39, 0.29) is 17.1 Å². The second-order valence-electron chi connectivity index (χ2n) is 4.80. The zero-order valence-corrected chi connectivity index (χ0v) is 10.9. The lowest BCUT2D eigenvalue weighted by Crippen LogP contribution is -2.17. The summed E-state index contributed by atoms with van der Waals surface area (Å²) >= 11 is 0. The molecular weight excluding hydrogens is 269 g/mol. The minimum absolute atomic E-state index is 0.213. The molecule has 0 bridgehead atoms. The van der Waals surface area contributed by atoms with Gasteiger partial charge in [-0.15, -0.1) is 13.2 Å². The summed E-state index contributed by atoms with van der Waals surface area (Å²) in [7, 11) is 0. The highest BCUT2D eigenvalue weighted by Crippen LogP contribution is 2.25. The summed E-state index contributed by atoms with van der Waals surface area (Å²) in [5, 5.41) is 0. The van der Waals surface area contributed by atoms with Gasteiger partial charge in [0.25, 0.3) is 0 Å². The molecule has 0 N–H and O–H groups in total. The summed E-state index contributed by atoms with van der Waals surface area (Å²) in [4.78, 5) is 12.0. The van der Waals surface area contributed by atoms with Crippen molar-refractivity contribution >= 4 is 5.78 Å². The van der Waals surface area contributed by atoms with Crippen LogP contribution in [0.25, 0.3) is 0 Å².